The molecule has 0 N–H and O–H groups in total. The van der Waals surface area contributed by atoms with Gasteiger partial charge in [0.05, 0.1) is 0 Å². The van der Waals surface area contributed by atoms with Crippen molar-refractivity contribution in [1.29, 1.82) is 0 Å². The van der Waals surface area contributed by atoms with Gasteiger partial charge in [-0.25, -0.2) is 0 Å². The first-order valence-corrected chi connectivity index (χ1v) is 8.43. The molecule has 2 rings (SSSR count). The standard InChI is InChI=1S/C20H25BS/c1-5-7-15-13-17(22)9-11-19(15)20(3,4)18-10-8-16(21)12-14(18)6-2/h5,8-13,15,19,22H,1,6-7H2,2-4H3. The lowest BCUT2D eigenvalue weighted by Crippen LogP contribution is -2.34. The van der Waals surface area contributed by atoms with Crippen LogP contribution in [-0.2, 0) is 11.8 Å². The van der Waals surface area contributed by atoms with Gasteiger partial charge in [-0.15, -0.1) is 19.2 Å². The Kier molecular flexibility index (Phi) is 5.44. The molecule has 22 heavy (non-hydrogen) atoms. The lowest BCUT2D eigenvalue weighted by molar-refractivity contribution is 0.302. The predicted octanol–water partition coefficient (Wildman–Crippen LogP) is 4.51. The van der Waals surface area contributed by atoms with Gasteiger partial charge in [-0.1, -0.05) is 68.7 Å². The third kappa shape index (κ3) is 3.43. The fourth-order valence-corrected chi connectivity index (χ4v) is 3.90. The normalized spacial score (nSPS) is 21.5. The van der Waals surface area contributed by atoms with E-state index in [9.17, 15) is 0 Å². The van der Waals surface area contributed by atoms with E-state index in [1.54, 1.807) is 0 Å². The molecule has 0 amide bonds. The molecule has 0 fully saturated rings. The van der Waals surface area contributed by atoms with Gasteiger partial charge in [0.2, 0.25) is 0 Å². The molecular formula is C20H25BS. The molecule has 0 bridgehead atoms. The van der Waals surface area contributed by atoms with Gasteiger partial charge >= 0.3 is 0 Å². The molecule has 1 aromatic carbocycles. The van der Waals surface area contributed by atoms with Gasteiger partial charge in [0.25, 0.3) is 0 Å². The number of hydrogen-bond donors (Lipinski definition) is 1. The van der Waals surface area contributed by atoms with Crippen molar-refractivity contribution >= 4 is 25.9 Å². The van der Waals surface area contributed by atoms with Crippen molar-refractivity contribution in [2.24, 2.45) is 11.8 Å². The molecule has 1 aromatic rings. The summed E-state index contributed by atoms with van der Waals surface area (Å²) in [5.74, 6) is 0.864. The molecule has 1 aliphatic carbocycles. The van der Waals surface area contributed by atoms with Crippen LogP contribution in [-0.4, -0.2) is 7.85 Å². The first-order chi connectivity index (χ1) is 10.4. The van der Waals surface area contributed by atoms with Crippen molar-refractivity contribution in [1.82, 2.24) is 0 Å². The average Bonchev–Trinajstić information content (AvgIpc) is 2.47. The van der Waals surface area contributed by atoms with Gasteiger partial charge in [-0.2, -0.15) is 0 Å². The summed E-state index contributed by atoms with van der Waals surface area (Å²) in [7, 11) is 5.97. The van der Waals surface area contributed by atoms with Crippen molar-refractivity contribution in [3.63, 3.8) is 0 Å². The molecule has 0 aliphatic heterocycles. The van der Waals surface area contributed by atoms with Crippen LogP contribution < -0.4 is 5.46 Å². The van der Waals surface area contributed by atoms with Crippen molar-refractivity contribution in [3.8, 4) is 0 Å². The zero-order valence-corrected chi connectivity index (χ0v) is 14.7. The van der Waals surface area contributed by atoms with Crippen LogP contribution in [0.25, 0.3) is 0 Å². The molecule has 2 heteroatoms. The van der Waals surface area contributed by atoms with E-state index in [0.29, 0.717) is 11.8 Å². The van der Waals surface area contributed by atoms with Crippen LogP contribution in [0.4, 0.5) is 0 Å². The Balaban J connectivity index is 2.44. The number of hydrogen-bond acceptors (Lipinski definition) is 1. The van der Waals surface area contributed by atoms with E-state index in [2.05, 4.69) is 70.3 Å². The van der Waals surface area contributed by atoms with Crippen molar-refractivity contribution in [3.05, 3.63) is 65.1 Å². The largest absolute Gasteiger partial charge is 0.144 e. The average molecular weight is 308 g/mol. The fourth-order valence-electron chi connectivity index (χ4n) is 3.62. The van der Waals surface area contributed by atoms with Gasteiger partial charge in [-0.3, -0.25) is 0 Å². The number of allylic oxidation sites excluding steroid dienone is 4. The highest BCUT2D eigenvalue weighted by atomic mass is 32.1. The Morgan fingerprint density at radius 2 is 2.09 bits per heavy atom. The van der Waals surface area contributed by atoms with E-state index >= 15 is 0 Å². The monoisotopic (exact) mass is 308 g/mol. The zero-order chi connectivity index (χ0) is 16.3. The molecule has 2 unspecified atom stereocenters. The van der Waals surface area contributed by atoms with Gasteiger partial charge in [0.1, 0.15) is 7.85 Å². The van der Waals surface area contributed by atoms with E-state index in [1.165, 1.54) is 11.1 Å². The van der Waals surface area contributed by atoms with Crippen LogP contribution in [0.2, 0.25) is 0 Å². The highest BCUT2D eigenvalue weighted by molar-refractivity contribution is 7.84. The summed E-state index contributed by atoms with van der Waals surface area (Å²) in [6, 6.07) is 6.34. The molecule has 0 heterocycles. The highest BCUT2D eigenvalue weighted by Crippen LogP contribution is 2.43. The molecule has 0 aromatic heterocycles. The van der Waals surface area contributed by atoms with Gasteiger partial charge in [-0.05, 0) is 41.2 Å². The minimum atomic E-state index is 0.0359. The maximum atomic E-state index is 5.97. The summed E-state index contributed by atoms with van der Waals surface area (Å²) < 4.78 is 0. The quantitative estimate of drug-likeness (QED) is 0.462. The molecular weight excluding hydrogens is 283 g/mol. The molecule has 2 radical (unpaired) electrons. The smallest absolute Gasteiger partial charge is 0.113 e. The second kappa shape index (κ2) is 6.96. The van der Waals surface area contributed by atoms with Crippen molar-refractivity contribution in [2.45, 2.75) is 39.0 Å². The number of thiol groups is 1. The lowest BCUT2D eigenvalue weighted by atomic mass is 9.64. The Labute approximate surface area is 142 Å². The Morgan fingerprint density at radius 3 is 2.73 bits per heavy atom. The summed E-state index contributed by atoms with van der Waals surface area (Å²) in [6.45, 7) is 10.8. The minimum absolute atomic E-state index is 0.0359. The Bertz CT molecular complexity index is 610. The van der Waals surface area contributed by atoms with Crippen LogP contribution in [0.15, 0.2) is 54.0 Å². The molecule has 0 saturated heterocycles. The van der Waals surface area contributed by atoms with Crippen molar-refractivity contribution < 1.29 is 0 Å². The summed E-state index contributed by atoms with van der Waals surface area (Å²) in [5, 5.41) is 0. The second-order valence-corrected chi connectivity index (χ2v) is 7.17. The molecule has 114 valence electrons. The predicted molar refractivity (Wildman–Crippen MR) is 102 cm³/mol. The molecule has 1 aliphatic rings. The van der Waals surface area contributed by atoms with Crippen LogP contribution in [0.3, 0.4) is 0 Å². The highest BCUT2D eigenvalue weighted by Gasteiger charge is 2.36. The maximum absolute atomic E-state index is 5.97. The number of benzene rings is 1. The lowest BCUT2D eigenvalue weighted by Gasteiger charge is -2.40. The topological polar surface area (TPSA) is 0 Å². The van der Waals surface area contributed by atoms with Crippen LogP contribution in [0.5, 0.6) is 0 Å². The number of aryl methyl sites for hydroxylation is 1. The molecule has 2 atom stereocenters. The van der Waals surface area contributed by atoms with Gasteiger partial charge in [0.15, 0.2) is 0 Å². The SMILES string of the molecule is [B]c1ccc(C(C)(C)C2C=CC(S)=CC2CC=C)c(CC)c1. The number of rotatable bonds is 5. The fraction of sp³-hybridized carbons (Fsp3) is 0.400. The molecule has 0 saturated carbocycles. The summed E-state index contributed by atoms with van der Waals surface area (Å²) in [5.41, 5.74) is 3.62. The third-order valence-corrected chi connectivity index (χ3v) is 5.10. The minimum Gasteiger partial charge on any atom is -0.144 e. The first-order valence-electron chi connectivity index (χ1n) is 7.99. The Morgan fingerprint density at radius 1 is 1.36 bits per heavy atom. The molecule has 0 nitrogen and oxygen atoms in total. The zero-order valence-electron chi connectivity index (χ0n) is 13.8. The van der Waals surface area contributed by atoms with Crippen LogP contribution >= 0.6 is 12.6 Å². The van der Waals surface area contributed by atoms with Crippen LogP contribution in [0.1, 0.15) is 38.3 Å². The second-order valence-electron chi connectivity index (χ2n) is 6.66. The summed E-state index contributed by atoms with van der Waals surface area (Å²) in [6.07, 6.45) is 10.7. The van der Waals surface area contributed by atoms with Crippen molar-refractivity contribution in [2.75, 3.05) is 0 Å². The molecule has 0 spiro atoms. The van der Waals surface area contributed by atoms with Gasteiger partial charge < -0.3 is 0 Å². The first kappa shape index (κ1) is 17.2. The Hall–Kier alpha value is -1.15. The van der Waals surface area contributed by atoms with Crippen LogP contribution in [0, 0.1) is 11.8 Å². The van der Waals surface area contributed by atoms with E-state index < -0.39 is 0 Å². The summed E-state index contributed by atoms with van der Waals surface area (Å²) >= 11 is 4.51. The summed E-state index contributed by atoms with van der Waals surface area (Å²) in [4.78, 5) is 1.05. The maximum Gasteiger partial charge on any atom is 0.113 e. The third-order valence-electron chi connectivity index (χ3n) is 4.80. The van der Waals surface area contributed by atoms with E-state index in [1.807, 2.05) is 12.1 Å². The van der Waals surface area contributed by atoms with Gasteiger partial charge in [0, 0.05) is 4.91 Å². The van der Waals surface area contributed by atoms with E-state index in [0.717, 1.165) is 23.2 Å². The van der Waals surface area contributed by atoms with E-state index in [-0.39, 0.29) is 5.41 Å². The van der Waals surface area contributed by atoms with E-state index in [4.69, 9.17) is 7.85 Å².